The summed E-state index contributed by atoms with van der Waals surface area (Å²) in [5, 5.41) is 0. The van der Waals surface area contributed by atoms with Crippen molar-refractivity contribution < 1.29 is 42.9 Å². The molecule has 0 aromatic heterocycles. The minimum absolute atomic E-state index is 0. The monoisotopic (exact) mass is 699 g/mol. The highest BCUT2D eigenvalue weighted by molar-refractivity contribution is 5.85. The van der Waals surface area contributed by atoms with E-state index in [1.807, 2.05) is 13.8 Å². The van der Waals surface area contributed by atoms with Crippen LogP contribution in [0.4, 0.5) is 0 Å². The molecule has 2 heterocycles. The van der Waals surface area contributed by atoms with Gasteiger partial charge in [0.05, 0.1) is 17.3 Å². The number of cyclic esters (lactones) is 1. The van der Waals surface area contributed by atoms with Crippen molar-refractivity contribution in [2.24, 2.45) is 34.5 Å². The number of ether oxygens (including phenoxy) is 5. The second-order valence-corrected chi connectivity index (χ2v) is 15.9. The van der Waals surface area contributed by atoms with E-state index in [0.717, 1.165) is 56.8 Å². The predicted molar refractivity (Wildman–Crippen MR) is 195 cm³/mol. The summed E-state index contributed by atoms with van der Waals surface area (Å²) in [7, 11) is 0. The maximum atomic E-state index is 14.6. The first kappa shape index (κ1) is 46.8. The van der Waals surface area contributed by atoms with Gasteiger partial charge in [0.15, 0.2) is 5.60 Å². The molecule has 2 saturated heterocycles. The Labute approximate surface area is 299 Å². The largest absolute Gasteiger partial charge is 0.462 e. The van der Waals surface area contributed by atoms with Crippen molar-refractivity contribution in [1.82, 2.24) is 0 Å². The Balaban J connectivity index is 0.00000384. The minimum Gasteiger partial charge on any atom is -0.462 e. The first-order valence-electron chi connectivity index (χ1n) is 16.7. The third-order valence-corrected chi connectivity index (χ3v) is 11.9. The van der Waals surface area contributed by atoms with Crippen LogP contribution in [0.2, 0.25) is 0 Å². The molecule has 5 aliphatic carbocycles. The normalized spacial score (nSPS) is 34.5. The van der Waals surface area contributed by atoms with E-state index < -0.39 is 57.8 Å². The molecule has 9 heteroatoms. The predicted octanol–water partition coefficient (Wildman–Crippen LogP) is 9.62. The van der Waals surface area contributed by atoms with Gasteiger partial charge < -0.3 is 23.7 Å². The van der Waals surface area contributed by atoms with Crippen LogP contribution in [0.5, 0.6) is 0 Å². The number of esters is 4. The molecule has 3 unspecified atom stereocenters. The average Bonchev–Trinajstić information content (AvgIpc) is 3.46. The SMILES string of the molecule is C.C.C.C.C.C.CCC1(CC(C)(CC(C)(C)C(=O)OC2COC(=O)C2)C(=O)OC2(C)C3CC4CC(C3)CC2C4)OC2(CCCCC2)OC1=O. The van der Waals surface area contributed by atoms with E-state index >= 15 is 0 Å². The molecule has 0 N–H and O–H groups in total. The smallest absolute Gasteiger partial charge is 0.341 e. The first-order chi connectivity index (χ1) is 20.2. The van der Waals surface area contributed by atoms with E-state index in [0.29, 0.717) is 31.1 Å². The summed E-state index contributed by atoms with van der Waals surface area (Å²) < 4.78 is 30.0. The Kier molecular flexibility index (Phi) is 15.7. The van der Waals surface area contributed by atoms with Crippen molar-refractivity contribution in [2.75, 3.05) is 6.61 Å². The molecule has 0 aromatic rings. The van der Waals surface area contributed by atoms with Gasteiger partial charge in [-0.1, -0.05) is 57.9 Å². The molecule has 3 atom stereocenters. The standard InChI is InChI=1S/C34H50O9.6CH4/c1-6-33(29(38)42-34(43-33)10-8-7-9-11-34)20-31(4,19-30(2,3)27(36)40-25-17-26(35)39-18-25)28(37)41-32(5)23-13-21-12-22(15-23)16-24(32)14-21;;;;;;/h21-25H,6-20H2,1-5H3;6*1H4. The Bertz CT molecular complexity index is 1130. The Morgan fingerprint density at radius 3 is 1.88 bits per heavy atom. The average molecular weight is 699 g/mol. The van der Waals surface area contributed by atoms with Gasteiger partial charge in [-0.15, -0.1) is 0 Å². The molecule has 4 bridgehead atoms. The molecule has 49 heavy (non-hydrogen) atoms. The Morgan fingerprint density at radius 1 is 0.837 bits per heavy atom. The summed E-state index contributed by atoms with van der Waals surface area (Å²) in [6.45, 7) is 9.35. The van der Waals surface area contributed by atoms with E-state index in [9.17, 15) is 19.2 Å². The van der Waals surface area contributed by atoms with Gasteiger partial charge in [-0.3, -0.25) is 14.4 Å². The molecule has 5 saturated carbocycles. The van der Waals surface area contributed by atoms with E-state index in [1.54, 1.807) is 13.8 Å². The van der Waals surface area contributed by atoms with Crippen molar-refractivity contribution in [3.63, 3.8) is 0 Å². The van der Waals surface area contributed by atoms with Crippen LogP contribution in [-0.4, -0.2) is 53.6 Å². The van der Waals surface area contributed by atoms with Crippen molar-refractivity contribution in [2.45, 2.75) is 192 Å². The Hall–Kier alpha value is -2.16. The molecule has 7 fully saturated rings. The van der Waals surface area contributed by atoms with Gasteiger partial charge in [-0.05, 0) is 109 Å². The lowest BCUT2D eigenvalue weighted by atomic mass is 9.50. The summed E-state index contributed by atoms with van der Waals surface area (Å²) in [5.74, 6) is -0.592. The molecule has 288 valence electrons. The van der Waals surface area contributed by atoms with Crippen LogP contribution >= 0.6 is 0 Å². The maximum absolute atomic E-state index is 14.6. The summed E-state index contributed by atoms with van der Waals surface area (Å²) in [6.07, 6.45) is 9.69. The fourth-order valence-corrected chi connectivity index (χ4v) is 9.80. The van der Waals surface area contributed by atoms with Gasteiger partial charge in [-0.25, -0.2) is 4.79 Å². The van der Waals surface area contributed by atoms with Crippen LogP contribution in [0.25, 0.3) is 0 Å². The van der Waals surface area contributed by atoms with Gasteiger partial charge in [0.1, 0.15) is 18.3 Å². The number of carbonyl (C=O) groups excluding carboxylic acids is 4. The quantitative estimate of drug-likeness (QED) is 0.171. The zero-order valence-electron chi connectivity index (χ0n) is 26.7. The number of hydrogen-bond acceptors (Lipinski definition) is 9. The molecule has 1 spiro atoms. The van der Waals surface area contributed by atoms with E-state index in [2.05, 4.69) is 6.92 Å². The first-order valence-corrected chi connectivity index (χ1v) is 16.7. The van der Waals surface area contributed by atoms with Crippen molar-refractivity contribution in [1.29, 1.82) is 0 Å². The molecule has 7 aliphatic rings. The summed E-state index contributed by atoms with van der Waals surface area (Å²) >= 11 is 0. The Morgan fingerprint density at radius 2 is 1.39 bits per heavy atom. The van der Waals surface area contributed by atoms with Crippen LogP contribution in [0.15, 0.2) is 0 Å². The molecule has 2 aliphatic heterocycles. The third-order valence-electron chi connectivity index (χ3n) is 11.9. The number of rotatable bonds is 9. The molecule has 0 radical (unpaired) electrons. The number of carbonyl (C=O) groups is 4. The molecule has 0 amide bonds. The van der Waals surface area contributed by atoms with E-state index in [4.69, 9.17) is 23.7 Å². The summed E-state index contributed by atoms with van der Waals surface area (Å²) in [4.78, 5) is 53.4. The maximum Gasteiger partial charge on any atom is 0.341 e. The van der Waals surface area contributed by atoms with Crippen LogP contribution in [0.3, 0.4) is 0 Å². The van der Waals surface area contributed by atoms with Crippen molar-refractivity contribution in [3.8, 4) is 0 Å². The van der Waals surface area contributed by atoms with Gasteiger partial charge in [0.2, 0.25) is 5.79 Å². The van der Waals surface area contributed by atoms with Gasteiger partial charge in [0.25, 0.3) is 0 Å². The lowest BCUT2D eigenvalue weighted by Crippen LogP contribution is -2.59. The molecular weight excluding hydrogens is 624 g/mol. The molecule has 7 rings (SSSR count). The van der Waals surface area contributed by atoms with Gasteiger partial charge >= 0.3 is 23.9 Å². The summed E-state index contributed by atoms with van der Waals surface area (Å²) in [5.41, 5.74) is -4.26. The van der Waals surface area contributed by atoms with Gasteiger partial charge in [-0.2, -0.15) is 0 Å². The van der Waals surface area contributed by atoms with Crippen LogP contribution in [0, 0.1) is 34.5 Å². The lowest BCUT2D eigenvalue weighted by molar-refractivity contribution is -0.225. The van der Waals surface area contributed by atoms with Gasteiger partial charge in [0, 0.05) is 19.3 Å². The van der Waals surface area contributed by atoms with Crippen LogP contribution in [-0.2, 0) is 42.9 Å². The molecular formula is C40H74O9. The highest BCUT2D eigenvalue weighted by Crippen LogP contribution is 2.60. The fraction of sp³-hybridized carbons (Fsp3) is 0.900. The van der Waals surface area contributed by atoms with E-state index in [1.165, 1.54) is 6.42 Å². The molecule has 9 nitrogen and oxygen atoms in total. The second-order valence-electron chi connectivity index (χ2n) is 15.9. The minimum atomic E-state index is -1.32. The van der Waals surface area contributed by atoms with Crippen LogP contribution in [0.1, 0.15) is 169 Å². The van der Waals surface area contributed by atoms with Crippen LogP contribution < -0.4 is 0 Å². The van der Waals surface area contributed by atoms with Crippen molar-refractivity contribution in [3.05, 3.63) is 0 Å². The highest BCUT2D eigenvalue weighted by Gasteiger charge is 2.63. The second kappa shape index (κ2) is 16.5. The highest BCUT2D eigenvalue weighted by atomic mass is 16.8. The fourth-order valence-electron chi connectivity index (χ4n) is 9.80. The zero-order valence-corrected chi connectivity index (χ0v) is 26.7. The van der Waals surface area contributed by atoms with E-state index in [-0.39, 0.29) is 70.4 Å². The lowest BCUT2D eigenvalue weighted by Gasteiger charge is -2.59. The zero-order chi connectivity index (χ0) is 30.8. The third kappa shape index (κ3) is 8.49. The van der Waals surface area contributed by atoms with Crippen molar-refractivity contribution >= 4 is 23.9 Å². The number of hydrogen-bond donors (Lipinski definition) is 0. The summed E-state index contributed by atoms with van der Waals surface area (Å²) in [6, 6.07) is 0. The topological polar surface area (TPSA) is 114 Å². The molecule has 0 aromatic carbocycles.